The van der Waals surface area contributed by atoms with E-state index in [1.807, 2.05) is 0 Å². The maximum absolute atomic E-state index is 5.55. The van der Waals surface area contributed by atoms with E-state index in [1.165, 1.54) is 47.8 Å². The van der Waals surface area contributed by atoms with Gasteiger partial charge in [0.2, 0.25) is 0 Å². The number of methoxy groups -OCH3 is 1. The van der Waals surface area contributed by atoms with Crippen LogP contribution in [0, 0.1) is 0 Å². The highest BCUT2D eigenvalue weighted by Crippen LogP contribution is 2.49. The summed E-state index contributed by atoms with van der Waals surface area (Å²) in [4.78, 5) is 3.58. The minimum atomic E-state index is 0.409. The lowest BCUT2D eigenvalue weighted by Gasteiger charge is -2.07. The summed E-state index contributed by atoms with van der Waals surface area (Å²) in [5, 5.41) is 1.35. The molecule has 1 aromatic heterocycles. The van der Waals surface area contributed by atoms with Gasteiger partial charge in [-0.25, -0.2) is 0 Å². The molecular formula is C16H19NO. The van der Waals surface area contributed by atoms with Crippen LogP contribution < -0.4 is 4.74 Å². The van der Waals surface area contributed by atoms with Gasteiger partial charge in [-0.05, 0) is 49.3 Å². The molecule has 4 rings (SSSR count). The van der Waals surface area contributed by atoms with E-state index < -0.39 is 0 Å². The fraction of sp³-hybridized carbons (Fsp3) is 0.500. The first-order chi connectivity index (χ1) is 8.69. The van der Waals surface area contributed by atoms with Crippen molar-refractivity contribution in [3.63, 3.8) is 0 Å². The second-order valence-electron chi connectivity index (χ2n) is 6.20. The Morgan fingerprint density at radius 3 is 2.61 bits per heavy atom. The summed E-state index contributed by atoms with van der Waals surface area (Å²) < 4.78 is 5.55. The van der Waals surface area contributed by atoms with E-state index in [0.717, 1.165) is 11.7 Å². The van der Waals surface area contributed by atoms with Crippen molar-refractivity contribution < 1.29 is 4.74 Å². The zero-order valence-electron chi connectivity index (χ0n) is 11.0. The number of benzene rings is 1. The van der Waals surface area contributed by atoms with Crippen LogP contribution in [0.3, 0.4) is 0 Å². The second kappa shape index (κ2) is 3.31. The van der Waals surface area contributed by atoms with E-state index in [9.17, 15) is 0 Å². The Morgan fingerprint density at radius 2 is 2.00 bits per heavy atom. The number of H-pyrrole nitrogens is 1. The summed E-state index contributed by atoms with van der Waals surface area (Å²) in [6, 6.07) is 6.85. The van der Waals surface area contributed by atoms with Gasteiger partial charge in [0.1, 0.15) is 5.75 Å². The maximum atomic E-state index is 5.55. The fourth-order valence-corrected chi connectivity index (χ4v) is 2.85. The van der Waals surface area contributed by atoms with E-state index in [1.54, 1.807) is 7.11 Å². The third kappa shape index (κ3) is 1.48. The summed E-state index contributed by atoms with van der Waals surface area (Å²) in [7, 11) is 1.78. The van der Waals surface area contributed by atoms with Crippen molar-refractivity contribution in [1.29, 1.82) is 0 Å². The van der Waals surface area contributed by atoms with Gasteiger partial charge in [0.05, 0.1) is 7.11 Å². The second-order valence-corrected chi connectivity index (χ2v) is 6.20. The molecule has 1 N–H and O–H groups in total. The quantitative estimate of drug-likeness (QED) is 0.859. The third-order valence-electron chi connectivity index (χ3n) is 4.64. The van der Waals surface area contributed by atoms with Crippen LogP contribution in [0.1, 0.15) is 49.8 Å². The Kier molecular flexibility index (Phi) is 1.93. The largest absolute Gasteiger partial charge is 0.496 e. The lowest BCUT2D eigenvalue weighted by molar-refractivity contribution is 0.410. The van der Waals surface area contributed by atoms with Gasteiger partial charge in [-0.15, -0.1) is 0 Å². The van der Waals surface area contributed by atoms with Crippen LogP contribution in [0.5, 0.6) is 5.75 Å². The first-order valence-corrected chi connectivity index (χ1v) is 6.91. The van der Waals surface area contributed by atoms with E-state index >= 15 is 0 Å². The van der Waals surface area contributed by atoms with Gasteiger partial charge in [-0.3, -0.25) is 0 Å². The molecule has 0 radical (unpaired) electrons. The monoisotopic (exact) mass is 241 g/mol. The van der Waals surface area contributed by atoms with Gasteiger partial charge in [0, 0.05) is 28.1 Å². The Hall–Kier alpha value is -1.44. The van der Waals surface area contributed by atoms with Gasteiger partial charge in [0.25, 0.3) is 0 Å². The number of ether oxygens (including phenoxy) is 1. The van der Waals surface area contributed by atoms with Gasteiger partial charge >= 0.3 is 0 Å². The lowest BCUT2D eigenvalue weighted by atomic mass is 10.0. The SMILES string of the molecule is COc1cc2[nH]c(C3(C)CC3)cc2cc1C1CC1. The van der Waals surface area contributed by atoms with Crippen molar-refractivity contribution in [2.45, 2.75) is 43.9 Å². The molecule has 2 fully saturated rings. The molecule has 1 heterocycles. The Bertz CT molecular complexity index is 617. The topological polar surface area (TPSA) is 25.0 Å². The average Bonchev–Trinajstić information content (AvgIpc) is 3.28. The molecule has 0 atom stereocenters. The molecule has 18 heavy (non-hydrogen) atoms. The van der Waals surface area contributed by atoms with Gasteiger partial charge in [-0.2, -0.15) is 0 Å². The number of hydrogen-bond acceptors (Lipinski definition) is 1. The predicted octanol–water partition coefficient (Wildman–Crippen LogP) is 4.11. The molecule has 2 heteroatoms. The first kappa shape index (κ1) is 10.5. The summed E-state index contributed by atoms with van der Waals surface area (Å²) in [6.07, 6.45) is 5.26. The van der Waals surface area contributed by atoms with Crippen molar-refractivity contribution in [2.24, 2.45) is 0 Å². The number of fused-ring (bicyclic) bond motifs is 1. The zero-order chi connectivity index (χ0) is 12.3. The summed E-state index contributed by atoms with van der Waals surface area (Å²) >= 11 is 0. The minimum absolute atomic E-state index is 0.409. The van der Waals surface area contributed by atoms with E-state index in [4.69, 9.17) is 4.74 Å². The molecule has 2 aromatic rings. The van der Waals surface area contributed by atoms with Gasteiger partial charge in [0.15, 0.2) is 0 Å². The average molecular weight is 241 g/mol. The minimum Gasteiger partial charge on any atom is -0.496 e. The number of aromatic amines is 1. The molecule has 94 valence electrons. The van der Waals surface area contributed by atoms with Crippen LogP contribution in [0.15, 0.2) is 18.2 Å². The lowest BCUT2D eigenvalue weighted by Crippen LogP contribution is -1.98. The summed E-state index contributed by atoms with van der Waals surface area (Å²) in [5.41, 5.74) is 4.43. The molecular weight excluding hydrogens is 222 g/mol. The van der Waals surface area contributed by atoms with E-state index in [0.29, 0.717) is 5.41 Å². The molecule has 0 saturated heterocycles. The van der Waals surface area contributed by atoms with Crippen LogP contribution in [0.2, 0.25) is 0 Å². The molecule has 2 saturated carbocycles. The number of aromatic nitrogens is 1. The summed E-state index contributed by atoms with van der Waals surface area (Å²) in [6.45, 7) is 2.34. The van der Waals surface area contributed by atoms with Crippen molar-refractivity contribution in [1.82, 2.24) is 4.98 Å². The fourth-order valence-electron chi connectivity index (χ4n) is 2.85. The highest BCUT2D eigenvalue weighted by Gasteiger charge is 2.40. The Morgan fingerprint density at radius 1 is 1.22 bits per heavy atom. The third-order valence-corrected chi connectivity index (χ3v) is 4.64. The van der Waals surface area contributed by atoms with Gasteiger partial charge in [-0.1, -0.05) is 6.92 Å². The molecule has 0 amide bonds. The van der Waals surface area contributed by atoms with E-state index in [2.05, 4.69) is 30.1 Å². The molecule has 0 unspecified atom stereocenters. The van der Waals surface area contributed by atoms with Crippen molar-refractivity contribution in [3.8, 4) is 5.75 Å². The predicted molar refractivity (Wildman–Crippen MR) is 73.4 cm³/mol. The molecule has 2 nitrogen and oxygen atoms in total. The normalized spacial score (nSPS) is 21.2. The standard InChI is InChI=1S/C16H19NO/c1-16(5-6-16)15-8-11-7-12(10-3-4-10)14(18-2)9-13(11)17-15/h7-10,17H,3-6H2,1-2H3. The molecule has 2 aliphatic carbocycles. The smallest absolute Gasteiger partial charge is 0.124 e. The van der Waals surface area contributed by atoms with Crippen LogP contribution in [-0.4, -0.2) is 12.1 Å². The van der Waals surface area contributed by atoms with Crippen molar-refractivity contribution in [3.05, 3.63) is 29.5 Å². The maximum Gasteiger partial charge on any atom is 0.124 e. The zero-order valence-corrected chi connectivity index (χ0v) is 11.0. The van der Waals surface area contributed by atoms with Crippen molar-refractivity contribution in [2.75, 3.05) is 7.11 Å². The van der Waals surface area contributed by atoms with Gasteiger partial charge < -0.3 is 9.72 Å². The number of hydrogen-bond donors (Lipinski definition) is 1. The van der Waals surface area contributed by atoms with Crippen LogP contribution in [0.4, 0.5) is 0 Å². The molecule has 0 aliphatic heterocycles. The van der Waals surface area contributed by atoms with Crippen molar-refractivity contribution >= 4 is 10.9 Å². The molecule has 2 aliphatic rings. The Balaban J connectivity index is 1.87. The summed E-state index contributed by atoms with van der Waals surface area (Å²) in [5.74, 6) is 1.79. The molecule has 1 aromatic carbocycles. The highest BCUT2D eigenvalue weighted by atomic mass is 16.5. The van der Waals surface area contributed by atoms with Crippen LogP contribution in [0.25, 0.3) is 10.9 Å². The molecule has 0 bridgehead atoms. The van der Waals surface area contributed by atoms with Crippen LogP contribution >= 0.6 is 0 Å². The Labute approximate surface area is 107 Å². The van der Waals surface area contributed by atoms with Crippen LogP contribution in [-0.2, 0) is 5.41 Å². The highest BCUT2D eigenvalue weighted by molar-refractivity contribution is 5.84. The first-order valence-electron chi connectivity index (χ1n) is 6.91. The molecule has 0 spiro atoms. The number of nitrogens with one attached hydrogen (secondary N) is 1. The number of rotatable bonds is 3. The van der Waals surface area contributed by atoms with E-state index in [-0.39, 0.29) is 0 Å².